The van der Waals surface area contributed by atoms with Crippen molar-refractivity contribution < 1.29 is 15.0 Å². The number of phenolic OH excluding ortho intramolecular Hbond substituents is 1. The maximum atomic E-state index is 10.8. The molecule has 0 amide bonds. The summed E-state index contributed by atoms with van der Waals surface area (Å²) < 4.78 is 0. The van der Waals surface area contributed by atoms with Gasteiger partial charge in [0.05, 0.1) is 5.92 Å². The van der Waals surface area contributed by atoms with Gasteiger partial charge in [0, 0.05) is 5.41 Å². The van der Waals surface area contributed by atoms with E-state index < -0.39 is 5.97 Å². The van der Waals surface area contributed by atoms with Crippen LogP contribution < -0.4 is 0 Å². The molecule has 2 atom stereocenters. The van der Waals surface area contributed by atoms with Crippen LogP contribution in [0.1, 0.15) is 17.5 Å². The van der Waals surface area contributed by atoms with Gasteiger partial charge in [-0.2, -0.15) is 0 Å². The van der Waals surface area contributed by atoms with Gasteiger partial charge in [0.1, 0.15) is 5.75 Å². The molecule has 72 valence electrons. The number of carboxylic acid groups (broad SMARTS) is 1. The van der Waals surface area contributed by atoms with Crippen LogP contribution in [0.3, 0.4) is 0 Å². The minimum Gasteiger partial charge on any atom is -0.508 e. The third-order valence-corrected chi connectivity index (χ3v) is 3.51. The molecule has 0 heterocycles. The molecule has 3 heteroatoms. The van der Waals surface area contributed by atoms with E-state index in [-0.39, 0.29) is 17.1 Å². The number of benzene rings is 1. The molecule has 3 rings (SSSR count). The van der Waals surface area contributed by atoms with Gasteiger partial charge in [-0.15, -0.1) is 0 Å². The molecule has 2 N–H and O–H groups in total. The lowest BCUT2D eigenvalue weighted by Crippen LogP contribution is -2.28. The Morgan fingerprint density at radius 3 is 2.93 bits per heavy atom. The van der Waals surface area contributed by atoms with Crippen LogP contribution in [0.15, 0.2) is 18.2 Å². The molecule has 2 aliphatic rings. The molecule has 3 nitrogen and oxygen atoms in total. The van der Waals surface area contributed by atoms with E-state index >= 15 is 0 Å². The Bertz CT molecular complexity index is 438. The highest BCUT2D eigenvalue weighted by atomic mass is 16.4. The number of fused-ring (bicyclic) bond motifs is 2. The quantitative estimate of drug-likeness (QED) is 0.701. The highest BCUT2D eigenvalue weighted by Crippen LogP contribution is 2.63. The van der Waals surface area contributed by atoms with E-state index in [4.69, 9.17) is 5.11 Å². The first kappa shape index (κ1) is 7.85. The fourth-order valence-corrected chi connectivity index (χ4v) is 2.63. The Morgan fingerprint density at radius 2 is 2.29 bits per heavy atom. The van der Waals surface area contributed by atoms with Crippen molar-refractivity contribution in [2.45, 2.75) is 18.3 Å². The molecular weight excluding hydrogens is 180 g/mol. The zero-order valence-corrected chi connectivity index (χ0v) is 7.53. The van der Waals surface area contributed by atoms with Crippen molar-refractivity contribution in [1.29, 1.82) is 0 Å². The van der Waals surface area contributed by atoms with Crippen LogP contribution in [0, 0.1) is 5.92 Å². The standard InChI is InChI=1S/C11H10O3/c12-7-2-1-6-4-11(8(6)3-7)5-9(11)10(13)14/h1-3,9,12H,4-5H2,(H,13,14). The smallest absolute Gasteiger partial charge is 0.307 e. The number of rotatable bonds is 1. The summed E-state index contributed by atoms with van der Waals surface area (Å²) >= 11 is 0. The lowest BCUT2D eigenvalue weighted by atomic mass is 9.73. The monoisotopic (exact) mass is 190 g/mol. The van der Waals surface area contributed by atoms with Crippen molar-refractivity contribution in [2.75, 3.05) is 0 Å². The van der Waals surface area contributed by atoms with Crippen molar-refractivity contribution in [3.63, 3.8) is 0 Å². The molecule has 0 saturated heterocycles. The number of carboxylic acids is 1. The van der Waals surface area contributed by atoms with E-state index in [1.54, 1.807) is 12.1 Å². The van der Waals surface area contributed by atoms with E-state index in [2.05, 4.69) is 0 Å². The van der Waals surface area contributed by atoms with Gasteiger partial charge in [-0.1, -0.05) is 6.07 Å². The third kappa shape index (κ3) is 0.750. The first-order valence-corrected chi connectivity index (χ1v) is 4.69. The van der Waals surface area contributed by atoms with Gasteiger partial charge in [-0.05, 0) is 36.1 Å². The van der Waals surface area contributed by atoms with Crippen molar-refractivity contribution in [3.05, 3.63) is 29.3 Å². The molecule has 1 spiro atoms. The summed E-state index contributed by atoms with van der Waals surface area (Å²) in [4.78, 5) is 10.8. The van der Waals surface area contributed by atoms with Gasteiger partial charge in [-0.3, -0.25) is 4.79 Å². The predicted octanol–water partition coefficient (Wildman–Crippen LogP) is 1.29. The second-order valence-corrected chi connectivity index (χ2v) is 4.27. The number of aliphatic carboxylic acids is 1. The van der Waals surface area contributed by atoms with Gasteiger partial charge < -0.3 is 10.2 Å². The van der Waals surface area contributed by atoms with Crippen molar-refractivity contribution in [1.82, 2.24) is 0 Å². The molecule has 1 aromatic carbocycles. The Morgan fingerprint density at radius 1 is 1.50 bits per heavy atom. The number of carbonyl (C=O) groups is 1. The van der Waals surface area contributed by atoms with Gasteiger partial charge in [0.15, 0.2) is 0 Å². The summed E-state index contributed by atoms with van der Waals surface area (Å²) in [6, 6.07) is 5.25. The first-order chi connectivity index (χ1) is 6.63. The van der Waals surface area contributed by atoms with E-state index in [1.165, 1.54) is 5.56 Å². The molecule has 14 heavy (non-hydrogen) atoms. The van der Waals surface area contributed by atoms with E-state index in [9.17, 15) is 9.90 Å². The molecule has 0 aromatic heterocycles. The zero-order valence-electron chi connectivity index (χ0n) is 7.53. The molecule has 1 fully saturated rings. The second kappa shape index (κ2) is 2.11. The molecule has 0 bridgehead atoms. The fourth-order valence-electron chi connectivity index (χ4n) is 2.63. The fraction of sp³-hybridized carbons (Fsp3) is 0.364. The predicted molar refractivity (Wildman–Crippen MR) is 49.2 cm³/mol. The molecule has 2 aliphatic carbocycles. The number of aromatic hydroxyl groups is 1. The van der Waals surface area contributed by atoms with Gasteiger partial charge in [0.2, 0.25) is 0 Å². The average Bonchev–Trinajstić information content (AvgIpc) is 2.85. The normalized spacial score (nSPS) is 32.1. The largest absolute Gasteiger partial charge is 0.508 e. The number of hydrogen-bond donors (Lipinski definition) is 2. The summed E-state index contributed by atoms with van der Waals surface area (Å²) in [5.41, 5.74) is 2.11. The van der Waals surface area contributed by atoms with E-state index in [1.807, 2.05) is 6.07 Å². The molecule has 0 aliphatic heterocycles. The minimum atomic E-state index is -0.709. The van der Waals surface area contributed by atoms with Crippen molar-refractivity contribution >= 4 is 5.97 Å². The van der Waals surface area contributed by atoms with E-state index in [0.29, 0.717) is 0 Å². The zero-order chi connectivity index (χ0) is 9.92. The molecule has 1 aromatic rings. The maximum absolute atomic E-state index is 10.8. The van der Waals surface area contributed by atoms with Crippen LogP contribution >= 0.6 is 0 Å². The Balaban J connectivity index is 2.00. The van der Waals surface area contributed by atoms with Crippen LogP contribution in [-0.2, 0) is 16.6 Å². The second-order valence-electron chi connectivity index (χ2n) is 4.27. The number of hydrogen-bond acceptors (Lipinski definition) is 2. The SMILES string of the molecule is O=C(O)C1CC12Cc1ccc(O)cc12. The highest BCUT2D eigenvalue weighted by Gasteiger charge is 2.64. The van der Waals surface area contributed by atoms with Crippen LogP contribution in [0.4, 0.5) is 0 Å². The summed E-state index contributed by atoms with van der Waals surface area (Å²) in [7, 11) is 0. The third-order valence-electron chi connectivity index (χ3n) is 3.51. The first-order valence-electron chi connectivity index (χ1n) is 4.69. The lowest BCUT2D eigenvalue weighted by Gasteiger charge is -2.31. The highest BCUT2D eigenvalue weighted by molar-refractivity contribution is 5.79. The van der Waals surface area contributed by atoms with Crippen molar-refractivity contribution in [3.8, 4) is 5.75 Å². The molecule has 1 saturated carbocycles. The molecule has 0 radical (unpaired) electrons. The average molecular weight is 190 g/mol. The van der Waals surface area contributed by atoms with Crippen molar-refractivity contribution in [2.24, 2.45) is 5.92 Å². The van der Waals surface area contributed by atoms with Gasteiger partial charge in [0.25, 0.3) is 0 Å². The van der Waals surface area contributed by atoms with Gasteiger partial charge >= 0.3 is 5.97 Å². The van der Waals surface area contributed by atoms with Crippen LogP contribution in [0.25, 0.3) is 0 Å². The Kier molecular flexibility index (Phi) is 1.18. The molecule has 2 unspecified atom stereocenters. The van der Waals surface area contributed by atoms with Crippen LogP contribution in [0.2, 0.25) is 0 Å². The summed E-state index contributed by atoms with van der Waals surface area (Å²) in [6.07, 6.45) is 1.60. The maximum Gasteiger partial charge on any atom is 0.307 e. The molecular formula is C11H10O3. The topological polar surface area (TPSA) is 57.5 Å². The summed E-state index contributed by atoms with van der Waals surface area (Å²) in [6.45, 7) is 0. The Labute approximate surface area is 81.0 Å². The van der Waals surface area contributed by atoms with Crippen LogP contribution in [0.5, 0.6) is 5.75 Å². The summed E-state index contributed by atoms with van der Waals surface area (Å²) in [5, 5.41) is 18.2. The summed E-state index contributed by atoms with van der Waals surface area (Å²) in [5.74, 6) is -0.699. The lowest BCUT2D eigenvalue weighted by molar-refractivity contribution is -0.139. The minimum absolute atomic E-state index is 0.125. The Hall–Kier alpha value is -1.51. The van der Waals surface area contributed by atoms with Gasteiger partial charge in [-0.25, -0.2) is 0 Å². The number of phenols is 1. The van der Waals surface area contributed by atoms with E-state index in [0.717, 1.165) is 18.4 Å². The van der Waals surface area contributed by atoms with Crippen LogP contribution in [-0.4, -0.2) is 16.2 Å².